The van der Waals surface area contributed by atoms with E-state index in [0.29, 0.717) is 12.4 Å². The van der Waals surface area contributed by atoms with Crippen molar-refractivity contribution in [2.45, 2.75) is 31.8 Å². The van der Waals surface area contributed by atoms with Gasteiger partial charge in [0.05, 0.1) is 0 Å². The third-order valence-corrected chi connectivity index (χ3v) is 2.29. The molecule has 0 amide bonds. The van der Waals surface area contributed by atoms with E-state index in [9.17, 15) is 0 Å². The quantitative estimate of drug-likeness (QED) is 0.773. The van der Waals surface area contributed by atoms with Crippen LogP contribution in [0.4, 0.5) is 0 Å². The third kappa shape index (κ3) is 2.10. The second-order valence-electron chi connectivity index (χ2n) is 3.44. The van der Waals surface area contributed by atoms with Crippen molar-refractivity contribution >= 4 is 0 Å². The average molecular weight is 197 g/mol. The summed E-state index contributed by atoms with van der Waals surface area (Å²) in [5.74, 6) is 1.36. The molecule has 1 unspecified atom stereocenters. The van der Waals surface area contributed by atoms with Gasteiger partial charge in [0.1, 0.15) is 6.10 Å². The molecule has 2 heterocycles. The summed E-state index contributed by atoms with van der Waals surface area (Å²) in [6, 6.07) is 0. The van der Waals surface area contributed by atoms with Crippen LogP contribution in [0.3, 0.4) is 0 Å². The van der Waals surface area contributed by atoms with Gasteiger partial charge in [0.15, 0.2) is 5.82 Å². The molecule has 1 saturated heterocycles. The Morgan fingerprint density at radius 1 is 1.50 bits per heavy atom. The van der Waals surface area contributed by atoms with Crippen LogP contribution in [0.5, 0.6) is 0 Å². The van der Waals surface area contributed by atoms with Gasteiger partial charge in [0.2, 0.25) is 0 Å². The molecule has 0 aliphatic carbocycles. The summed E-state index contributed by atoms with van der Waals surface area (Å²) in [7, 11) is 0. The lowest BCUT2D eigenvalue weighted by molar-refractivity contribution is 0.0835. The molecule has 0 aromatic carbocycles. The van der Waals surface area contributed by atoms with E-state index in [1.807, 2.05) is 0 Å². The Hall–Kier alpha value is -0.940. The van der Waals surface area contributed by atoms with Gasteiger partial charge in [-0.05, 0) is 25.8 Å². The lowest BCUT2D eigenvalue weighted by atomic mass is 10.2. The second-order valence-corrected chi connectivity index (χ2v) is 3.44. The molecule has 1 fully saturated rings. The van der Waals surface area contributed by atoms with Crippen LogP contribution in [-0.2, 0) is 11.2 Å². The lowest BCUT2D eigenvalue weighted by Crippen LogP contribution is -2.01. The first kappa shape index (κ1) is 9.61. The average Bonchev–Trinajstić information content (AvgIpc) is 2.85. The van der Waals surface area contributed by atoms with Gasteiger partial charge in [0, 0.05) is 13.0 Å². The first-order valence-electron chi connectivity index (χ1n) is 5.04. The predicted molar refractivity (Wildman–Crippen MR) is 49.6 cm³/mol. The van der Waals surface area contributed by atoms with E-state index in [2.05, 4.69) is 10.1 Å². The highest BCUT2D eigenvalue weighted by Gasteiger charge is 2.23. The van der Waals surface area contributed by atoms with Crippen LogP contribution in [0.25, 0.3) is 0 Å². The molecule has 2 N–H and O–H groups in total. The van der Waals surface area contributed by atoms with Crippen LogP contribution in [-0.4, -0.2) is 23.3 Å². The summed E-state index contributed by atoms with van der Waals surface area (Å²) in [6.07, 6.45) is 3.76. The Labute approximate surface area is 82.6 Å². The summed E-state index contributed by atoms with van der Waals surface area (Å²) < 4.78 is 10.6. The van der Waals surface area contributed by atoms with E-state index in [1.54, 1.807) is 0 Å². The number of aryl methyl sites for hydroxylation is 1. The number of nitrogens with two attached hydrogens (primary N) is 1. The number of hydrogen-bond donors (Lipinski definition) is 1. The van der Waals surface area contributed by atoms with E-state index < -0.39 is 0 Å². The highest BCUT2D eigenvalue weighted by molar-refractivity contribution is 4.92. The molecule has 0 spiro atoms. The van der Waals surface area contributed by atoms with Crippen molar-refractivity contribution < 1.29 is 9.26 Å². The minimum Gasteiger partial charge on any atom is -0.368 e. The molecule has 14 heavy (non-hydrogen) atoms. The van der Waals surface area contributed by atoms with Gasteiger partial charge in [-0.25, -0.2) is 0 Å². The Morgan fingerprint density at radius 3 is 3.14 bits per heavy atom. The fraction of sp³-hybridized carbons (Fsp3) is 0.778. The van der Waals surface area contributed by atoms with E-state index in [4.69, 9.17) is 15.0 Å². The van der Waals surface area contributed by atoms with Crippen LogP contribution in [0.1, 0.15) is 37.1 Å². The Kier molecular flexibility index (Phi) is 3.10. The number of rotatable bonds is 4. The molecule has 1 atom stereocenters. The molecular formula is C9H15N3O2. The van der Waals surface area contributed by atoms with Gasteiger partial charge in [-0.15, -0.1) is 0 Å². The molecule has 1 aromatic heterocycles. The van der Waals surface area contributed by atoms with Crippen LogP contribution < -0.4 is 5.73 Å². The summed E-state index contributed by atoms with van der Waals surface area (Å²) in [5.41, 5.74) is 5.39. The zero-order chi connectivity index (χ0) is 9.80. The van der Waals surface area contributed by atoms with Gasteiger partial charge in [-0.2, -0.15) is 4.98 Å². The second kappa shape index (κ2) is 4.52. The lowest BCUT2D eigenvalue weighted by Gasteiger charge is -2.00. The summed E-state index contributed by atoms with van der Waals surface area (Å²) in [4.78, 5) is 4.27. The van der Waals surface area contributed by atoms with Crippen molar-refractivity contribution in [3.05, 3.63) is 11.7 Å². The van der Waals surface area contributed by atoms with E-state index in [0.717, 1.165) is 38.1 Å². The highest BCUT2D eigenvalue weighted by atomic mass is 16.5. The maximum absolute atomic E-state index is 5.44. The van der Waals surface area contributed by atoms with Crippen molar-refractivity contribution in [2.75, 3.05) is 13.2 Å². The van der Waals surface area contributed by atoms with Crippen LogP contribution >= 0.6 is 0 Å². The maximum Gasteiger partial charge on any atom is 0.255 e. The van der Waals surface area contributed by atoms with E-state index >= 15 is 0 Å². The van der Waals surface area contributed by atoms with Crippen molar-refractivity contribution in [1.29, 1.82) is 0 Å². The molecule has 0 saturated carbocycles. The first-order chi connectivity index (χ1) is 6.90. The Morgan fingerprint density at radius 2 is 2.43 bits per heavy atom. The van der Waals surface area contributed by atoms with Crippen molar-refractivity contribution in [3.8, 4) is 0 Å². The smallest absolute Gasteiger partial charge is 0.255 e. The molecule has 1 aliphatic rings. The molecule has 2 rings (SSSR count). The molecule has 1 aliphatic heterocycles. The van der Waals surface area contributed by atoms with Crippen molar-refractivity contribution in [2.24, 2.45) is 5.73 Å². The summed E-state index contributed by atoms with van der Waals surface area (Å²) in [6.45, 7) is 1.45. The molecule has 5 nitrogen and oxygen atoms in total. The molecule has 1 aromatic rings. The van der Waals surface area contributed by atoms with Gasteiger partial charge in [-0.1, -0.05) is 5.16 Å². The summed E-state index contributed by atoms with van der Waals surface area (Å²) in [5, 5.41) is 3.88. The zero-order valence-electron chi connectivity index (χ0n) is 8.11. The van der Waals surface area contributed by atoms with Crippen LogP contribution in [0.2, 0.25) is 0 Å². The van der Waals surface area contributed by atoms with E-state index in [1.165, 1.54) is 0 Å². The van der Waals surface area contributed by atoms with Crippen molar-refractivity contribution in [1.82, 2.24) is 10.1 Å². The van der Waals surface area contributed by atoms with Gasteiger partial charge in [0.25, 0.3) is 5.89 Å². The molecule has 5 heteroatoms. The molecular weight excluding hydrogens is 182 g/mol. The Balaban J connectivity index is 1.94. The van der Waals surface area contributed by atoms with Crippen LogP contribution in [0, 0.1) is 0 Å². The van der Waals surface area contributed by atoms with Crippen molar-refractivity contribution in [3.63, 3.8) is 0 Å². The minimum atomic E-state index is 0.0223. The van der Waals surface area contributed by atoms with Gasteiger partial charge >= 0.3 is 0 Å². The summed E-state index contributed by atoms with van der Waals surface area (Å²) >= 11 is 0. The zero-order valence-corrected chi connectivity index (χ0v) is 8.11. The molecule has 0 bridgehead atoms. The van der Waals surface area contributed by atoms with Gasteiger partial charge in [-0.3, -0.25) is 0 Å². The van der Waals surface area contributed by atoms with Gasteiger partial charge < -0.3 is 15.0 Å². The fourth-order valence-electron chi connectivity index (χ4n) is 1.53. The van der Waals surface area contributed by atoms with E-state index in [-0.39, 0.29) is 6.10 Å². The number of hydrogen-bond acceptors (Lipinski definition) is 5. The minimum absolute atomic E-state index is 0.0223. The standard InChI is InChI=1S/C9H15N3O2/c10-5-1-4-8-11-9(14-12-8)7-3-2-6-13-7/h7H,1-6,10H2. The third-order valence-electron chi connectivity index (χ3n) is 2.29. The molecule has 78 valence electrons. The number of nitrogens with zero attached hydrogens (tertiary/aromatic N) is 2. The Bertz CT molecular complexity index is 281. The maximum atomic E-state index is 5.44. The first-order valence-corrected chi connectivity index (χ1v) is 5.04. The normalized spacial score (nSPS) is 21.6. The highest BCUT2D eigenvalue weighted by Crippen LogP contribution is 2.26. The fourth-order valence-corrected chi connectivity index (χ4v) is 1.53. The van der Waals surface area contributed by atoms with Crippen LogP contribution in [0.15, 0.2) is 4.52 Å². The number of aromatic nitrogens is 2. The largest absolute Gasteiger partial charge is 0.368 e. The topological polar surface area (TPSA) is 74.2 Å². The molecule has 0 radical (unpaired) electrons. The monoisotopic (exact) mass is 197 g/mol. The predicted octanol–water partition coefficient (Wildman–Crippen LogP) is 0.812. The number of ether oxygens (including phenoxy) is 1. The SMILES string of the molecule is NCCCc1noc(C2CCCO2)n1.